The van der Waals surface area contributed by atoms with Crippen LogP contribution in [0.5, 0.6) is 11.5 Å². The van der Waals surface area contributed by atoms with Crippen LogP contribution in [0.15, 0.2) is 72.8 Å². The topological polar surface area (TPSA) is 71.1 Å². The lowest BCUT2D eigenvalue weighted by atomic mass is 9.92. The monoisotopic (exact) mass is 570 g/mol. The summed E-state index contributed by atoms with van der Waals surface area (Å²) in [5.41, 5.74) is 2.04. The van der Waals surface area contributed by atoms with Crippen molar-refractivity contribution in [3.05, 3.63) is 72.8 Å². The lowest BCUT2D eigenvalue weighted by Crippen LogP contribution is -2.05. The highest BCUT2D eigenvalue weighted by Gasteiger charge is 2.19. The quantitative estimate of drug-likeness (QED) is 0.0934. The van der Waals surface area contributed by atoms with Gasteiger partial charge in [-0.2, -0.15) is 0 Å². The molecule has 0 atom stereocenters. The number of fused-ring (bicyclic) bond motifs is 2. The fourth-order valence-corrected chi connectivity index (χ4v) is 5.19. The van der Waals surface area contributed by atoms with Gasteiger partial charge in [-0.1, -0.05) is 60.7 Å². The van der Waals surface area contributed by atoms with Crippen molar-refractivity contribution in [3.8, 4) is 22.6 Å². The summed E-state index contributed by atoms with van der Waals surface area (Å²) in [6.07, 6.45) is 5.92. The van der Waals surface area contributed by atoms with Crippen molar-refractivity contribution in [1.29, 1.82) is 0 Å². The fourth-order valence-electron chi connectivity index (χ4n) is 5.19. The van der Waals surface area contributed by atoms with Crippen LogP contribution in [0, 0.1) is 0 Å². The summed E-state index contributed by atoms with van der Waals surface area (Å²) in [6.45, 7) is 5.59. The van der Waals surface area contributed by atoms with Crippen LogP contribution in [-0.2, 0) is 19.1 Å². The lowest BCUT2D eigenvalue weighted by molar-refractivity contribution is -0.144. The van der Waals surface area contributed by atoms with E-state index >= 15 is 0 Å². The summed E-state index contributed by atoms with van der Waals surface area (Å²) >= 11 is 0. The van der Waals surface area contributed by atoms with Gasteiger partial charge in [0.2, 0.25) is 0 Å². The van der Waals surface area contributed by atoms with Crippen LogP contribution in [0.1, 0.15) is 65.2 Å². The van der Waals surface area contributed by atoms with Gasteiger partial charge in [0.25, 0.3) is 0 Å². The Bertz CT molecular complexity index is 1350. The molecule has 0 N–H and O–H groups in total. The van der Waals surface area contributed by atoms with Gasteiger partial charge in [0, 0.05) is 24.0 Å². The summed E-state index contributed by atoms with van der Waals surface area (Å²) in [6, 6.07) is 25.0. The molecule has 4 rings (SSSR count). The zero-order valence-corrected chi connectivity index (χ0v) is 24.9. The molecule has 0 amide bonds. The van der Waals surface area contributed by atoms with Crippen LogP contribution in [0.25, 0.3) is 32.7 Å². The van der Waals surface area contributed by atoms with Crippen LogP contribution in [-0.4, -0.2) is 38.4 Å². The average Bonchev–Trinajstić information content (AvgIpc) is 3.00. The Kier molecular flexibility index (Phi) is 12.1. The first-order valence-corrected chi connectivity index (χ1v) is 15.2. The maximum absolute atomic E-state index is 11.7. The van der Waals surface area contributed by atoms with Gasteiger partial charge in [-0.25, -0.2) is 0 Å². The Morgan fingerprint density at radius 1 is 0.524 bits per heavy atom. The third-order valence-electron chi connectivity index (χ3n) is 7.21. The first-order chi connectivity index (χ1) is 20.6. The predicted octanol–water partition coefficient (Wildman–Crippen LogP) is 8.66. The number of unbranched alkanes of at least 4 members (excludes halogenated alkanes) is 4. The standard InChI is InChI=1S/C36H42O6/c1-3-39-33(37)19-7-5-13-25-41-31-23-21-27-15-9-11-17-29(27)35(31)36-30-18-12-10-16-28(30)22-24-32(36)42-26-14-6-8-20-34(38)40-4-2/h9-12,15-18,21-24H,3-8,13-14,19-20,25-26H2,1-2H3. The minimum absolute atomic E-state index is 0.141. The molecule has 6 heteroatoms. The van der Waals surface area contributed by atoms with E-state index in [-0.39, 0.29) is 11.9 Å². The van der Waals surface area contributed by atoms with Crippen molar-refractivity contribution in [3.63, 3.8) is 0 Å². The van der Waals surface area contributed by atoms with Crippen molar-refractivity contribution in [2.24, 2.45) is 0 Å². The van der Waals surface area contributed by atoms with E-state index in [2.05, 4.69) is 60.7 Å². The molecule has 0 saturated carbocycles. The molecular formula is C36H42O6. The zero-order chi connectivity index (χ0) is 29.6. The molecule has 0 unspecified atom stereocenters. The maximum atomic E-state index is 11.7. The highest BCUT2D eigenvalue weighted by atomic mass is 16.5. The number of rotatable bonds is 17. The smallest absolute Gasteiger partial charge is 0.305 e. The molecule has 0 aliphatic heterocycles. The van der Waals surface area contributed by atoms with Gasteiger partial charge in [0.05, 0.1) is 26.4 Å². The Labute approximate surface area is 248 Å². The number of benzene rings is 4. The Hall–Kier alpha value is -4.06. The van der Waals surface area contributed by atoms with Gasteiger partial charge in [-0.05, 0) is 86.1 Å². The molecule has 4 aromatic carbocycles. The number of hydrogen-bond acceptors (Lipinski definition) is 6. The maximum Gasteiger partial charge on any atom is 0.305 e. The number of hydrogen-bond donors (Lipinski definition) is 0. The number of carbonyl (C=O) groups excluding carboxylic acids is 2. The molecule has 0 radical (unpaired) electrons. The van der Waals surface area contributed by atoms with Crippen molar-refractivity contribution in [1.82, 2.24) is 0 Å². The Morgan fingerprint density at radius 3 is 1.38 bits per heavy atom. The molecule has 0 aliphatic rings. The highest BCUT2D eigenvalue weighted by Crippen LogP contribution is 2.45. The number of carbonyl (C=O) groups is 2. The van der Waals surface area contributed by atoms with E-state index in [9.17, 15) is 9.59 Å². The molecular weight excluding hydrogens is 528 g/mol. The summed E-state index contributed by atoms with van der Waals surface area (Å²) in [5.74, 6) is 1.35. The van der Waals surface area contributed by atoms with E-state index in [0.29, 0.717) is 39.3 Å². The average molecular weight is 571 g/mol. The van der Waals surface area contributed by atoms with Crippen LogP contribution < -0.4 is 9.47 Å². The molecule has 222 valence electrons. The van der Waals surface area contributed by atoms with Crippen molar-refractivity contribution in [2.45, 2.75) is 65.2 Å². The van der Waals surface area contributed by atoms with Gasteiger partial charge < -0.3 is 18.9 Å². The Morgan fingerprint density at radius 2 is 0.952 bits per heavy atom. The molecule has 42 heavy (non-hydrogen) atoms. The zero-order valence-electron chi connectivity index (χ0n) is 24.9. The van der Waals surface area contributed by atoms with E-state index in [1.807, 2.05) is 26.0 Å². The normalized spacial score (nSPS) is 11.0. The predicted molar refractivity (Wildman–Crippen MR) is 168 cm³/mol. The molecule has 6 nitrogen and oxygen atoms in total. The number of ether oxygens (including phenoxy) is 4. The summed E-state index contributed by atoms with van der Waals surface area (Å²) in [7, 11) is 0. The summed E-state index contributed by atoms with van der Waals surface area (Å²) in [4.78, 5) is 23.3. The molecule has 4 aromatic rings. The van der Waals surface area contributed by atoms with Crippen LogP contribution in [0.2, 0.25) is 0 Å². The fraction of sp³-hybridized carbons (Fsp3) is 0.389. The second-order valence-corrected chi connectivity index (χ2v) is 10.2. The third-order valence-corrected chi connectivity index (χ3v) is 7.21. The van der Waals surface area contributed by atoms with Gasteiger partial charge in [0.15, 0.2) is 0 Å². The van der Waals surface area contributed by atoms with Crippen molar-refractivity contribution < 1.29 is 28.5 Å². The lowest BCUT2D eigenvalue weighted by Gasteiger charge is -2.20. The minimum atomic E-state index is -0.141. The van der Waals surface area contributed by atoms with E-state index in [0.717, 1.165) is 82.7 Å². The molecule has 0 aliphatic carbocycles. The first-order valence-electron chi connectivity index (χ1n) is 15.2. The largest absolute Gasteiger partial charge is 0.493 e. The Balaban J connectivity index is 1.56. The van der Waals surface area contributed by atoms with E-state index in [1.54, 1.807) is 0 Å². The number of esters is 2. The van der Waals surface area contributed by atoms with Gasteiger partial charge in [-0.15, -0.1) is 0 Å². The minimum Gasteiger partial charge on any atom is -0.493 e. The van der Waals surface area contributed by atoms with Gasteiger partial charge in [0.1, 0.15) is 11.5 Å². The summed E-state index contributed by atoms with van der Waals surface area (Å²) < 4.78 is 23.0. The molecule has 0 spiro atoms. The van der Waals surface area contributed by atoms with E-state index < -0.39 is 0 Å². The second kappa shape index (κ2) is 16.4. The van der Waals surface area contributed by atoms with Crippen LogP contribution in [0.3, 0.4) is 0 Å². The molecule has 0 heterocycles. The molecule has 0 aromatic heterocycles. The summed E-state index contributed by atoms with van der Waals surface area (Å²) in [5, 5.41) is 4.47. The van der Waals surface area contributed by atoms with E-state index in [4.69, 9.17) is 18.9 Å². The molecule has 0 saturated heterocycles. The van der Waals surface area contributed by atoms with E-state index in [1.165, 1.54) is 0 Å². The SMILES string of the molecule is CCOC(=O)CCCCCOc1ccc2ccccc2c1-c1c(OCCCCCC(=O)OCC)ccc2ccccc12. The van der Waals surface area contributed by atoms with Crippen molar-refractivity contribution in [2.75, 3.05) is 26.4 Å². The first kappa shape index (κ1) is 30.9. The van der Waals surface area contributed by atoms with Crippen molar-refractivity contribution >= 4 is 33.5 Å². The van der Waals surface area contributed by atoms with Crippen LogP contribution in [0.4, 0.5) is 0 Å². The van der Waals surface area contributed by atoms with Gasteiger partial charge >= 0.3 is 11.9 Å². The van der Waals surface area contributed by atoms with Gasteiger partial charge in [-0.3, -0.25) is 9.59 Å². The van der Waals surface area contributed by atoms with Crippen LogP contribution >= 0.6 is 0 Å². The second-order valence-electron chi connectivity index (χ2n) is 10.2. The third kappa shape index (κ3) is 8.48. The molecule has 0 fully saturated rings. The highest BCUT2D eigenvalue weighted by molar-refractivity contribution is 6.09. The molecule has 0 bridgehead atoms.